The normalized spacial score (nSPS) is 18.6. The summed E-state index contributed by atoms with van der Waals surface area (Å²) < 4.78 is 5.18. The third-order valence-electron chi connectivity index (χ3n) is 7.33. The zero-order valence-corrected chi connectivity index (χ0v) is 20.5. The van der Waals surface area contributed by atoms with Gasteiger partial charge in [0.15, 0.2) is 0 Å². The number of H-pyrrole nitrogens is 1. The summed E-state index contributed by atoms with van der Waals surface area (Å²) in [4.78, 5) is 46.8. The van der Waals surface area contributed by atoms with Crippen LogP contribution in [0, 0.1) is 0 Å². The highest BCUT2D eigenvalue weighted by Crippen LogP contribution is 2.42. The van der Waals surface area contributed by atoms with E-state index in [-0.39, 0.29) is 23.4 Å². The zero-order valence-electron chi connectivity index (χ0n) is 20.5. The Labute approximate surface area is 213 Å². The molecule has 0 spiro atoms. The minimum absolute atomic E-state index is 0.272. The first-order chi connectivity index (χ1) is 18.0. The number of carbonyl (C=O) groups excluding carboxylic acids is 3. The minimum Gasteiger partial charge on any atom is -0.497 e. The van der Waals surface area contributed by atoms with Crippen molar-refractivity contribution in [2.24, 2.45) is 0 Å². The van der Waals surface area contributed by atoms with Crippen LogP contribution in [0.2, 0.25) is 0 Å². The van der Waals surface area contributed by atoms with E-state index >= 15 is 0 Å². The summed E-state index contributed by atoms with van der Waals surface area (Å²) >= 11 is 0. The number of rotatable bonds is 5. The lowest BCUT2D eigenvalue weighted by Crippen LogP contribution is -2.42. The van der Waals surface area contributed by atoms with Crippen LogP contribution >= 0.6 is 0 Å². The van der Waals surface area contributed by atoms with Crippen LogP contribution in [0.15, 0.2) is 72.8 Å². The van der Waals surface area contributed by atoms with Crippen LogP contribution < -0.4 is 15.0 Å². The monoisotopic (exact) mass is 494 g/mol. The molecule has 3 heterocycles. The lowest BCUT2D eigenvalue weighted by molar-refractivity contribution is -0.120. The molecule has 0 saturated carbocycles. The third-order valence-corrected chi connectivity index (χ3v) is 7.33. The van der Waals surface area contributed by atoms with E-state index in [4.69, 9.17) is 4.74 Å². The molecule has 1 saturated heterocycles. The fourth-order valence-corrected chi connectivity index (χ4v) is 5.47. The lowest BCUT2D eigenvalue weighted by atomic mass is 9.93. The molecule has 1 aromatic heterocycles. The third kappa shape index (κ3) is 3.64. The standard InChI is InChI=1S/C29H26N4O4/c1-17-26-22(20-7-3-5-9-23(20)31-26)15-25-28(35)33(29(36)32(17)25)24-10-6-4-8-21(24)27(34)30-16-18-11-13-19(37-2)14-12-18/h3-14,17,25,31H,15-16H2,1-2H3,(H,30,34)/t17-,25+/m1/s1. The van der Waals surface area contributed by atoms with Gasteiger partial charge >= 0.3 is 6.03 Å². The Kier molecular flexibility index (Phi) is 5.44. The second-order valence-corrected chi connectivity index (χ2v) is 9.37. The van der Waals surface area contributed by atoms with Gasteiger partial charge in [0, 0.05) is 29.6 Å². The maximum absolute atomic E-state index is 13.7. The molecule has 4 aromatic rings. The summed E-state index contributed by atoms with van der Waals surface area (Å²) in [5.74, 6) is 0.0562. The number of methoxy groups -OCH3 is 1. The van der Waals surface area contributed by atoms with Crippen molar-refractivity contribution in [2.45, 2.75) is 32.0 Å². The summed E-state index contributed by atoms with van der Waals surface area (Å²) in [6, 6.07) is 20.8. The van der Waals surface area contributed by atoms with E-state index in [2.05, 4.69) is 10.3 Å². The molecule has 1 fully saturated rings. The number of para-hydroxylation sites is 2. The summed E-state index contributed by atoms with van der Waals surface area (Å²) in [5.41, 5.74) is 4.48. The highest BCUT2D eigenvalue weighted by molar-refractivity contribution is 6.24. The smallest absolute Gasteiger partial charge is 0.332 e. The Morgan fingerprint density at radius 1 is 1.03 bits per heavy atom. The molecule has 37 heavy (non-hydrogen) atoms. The molecule has 0 aliphatic carbocycles. The molecule has 2 N–H and O–H groups in total. The van der Waals surface area contributed by atoms with E-state index in [1.54, 1.807) is 36.3 Å². The molecular formula is C29H26N4O4. The Bertz CT molecular complexity index is 1540. The number of ether oxygens (including phenoxy) is 1. The van der Waals surface area contributed by atoms with Gasteiger partial charge in [-0.3, -0.25) is 9.59 Å². The van der Waals surface area contributed by atoms with Gasteiger partial charge in [0.2, 0.25) is 0 Å². The number of hydrogen-bond acceptors (Lipinski definition) is 4. The molecular weight excluding hydrogens is 468 g/mol. The Morgan fingerprint density at radius 2 is 1.76 bits per heavy atom. The summed E-state index contributed by atoms with van der Waals surface area (Å²) in [5, 5.41) is 3.97. The Balaban J connectivity index is 1.28. The quantitative estimate of drug-likeness (QED) is 0.398. The number of aromatic amines is 1. The summed E-state index contributed by atoms with van der Waals surface area (Å²) in [7, 11) is 1.60. The molecule has 0 unspecified atom stereocenters. The van der Waals surface area contributed by atoms with Gasteiger partial charge in [0.1, 0.15) is 11.8 Å². The van der Waals surface area contributed by atoms with Gasteiger partial charge in [0.05, 0.1) is 24.4 Å². The van der Waals surface area contributed by atoms with Crippen molar-refractivity contribution in [1.82, 2.24) is 15.2 Å². The van der Waals surface area contributed by atoms with Crippen molar-refractivity contribution >= 4 is 34.4 Å². The number of aromatic nitrogens is 1. The molecule has 2 aliphatic rings. The molecule has 186 valence electrons. The number of nitrogens with one attached hydrogen (secondary N) is 2. The number of anilines is 1. The largest absolute Gasteiger partial charge is 0.497 e. The first-order valence-corrected chi connectivity index (χ1v) is 12.2. The number of nitrogens with zero attached hydrogens (tertiary/aromatic N) is 2. The van der Waals surface area contributed by atoms with Crippen molar-refractivity contribution in [1.29, 1.82) is 0 Å². The van der Waals surface area contributed by atoms with E-state index in [0.717, 1.165) is 38.4 Å². The minimum atomic E-state index is -0.621. The van der Waals surface area contributed by atoms with Crippen LogP contribution in [-0.4, -0.2) is 40.9 Å². The van der Waals surface area contributed by atoms with Crippen molar-refractivity contribution in [2.75, 3.05) is 12.0 Å². The maximum Gasteiger partial charge on any atom is 0.332 e. The van der Waals surface area contributed by atoms with Gasteiger partial charge in [-0.25, -0.2) is 9.69 Å². The van der Waals surface area contributed by atoms with E-state index in [1.807, 2.05) is 55.5 Å². The number of imide groups is 1. The first kappa shape index (κ1) is 22.8. The van der Waals surface area contributed by atoms with Crippen molar-refractivity contribution in [3.8, 4) is 5.75 Å². The maximum atomic E-state index is 13.7. The van der Waals surface area contributed by atoms with Gasteiger partial charge in [-0.15, -0.1) is 0 Å². The topological polar surface area (TPSA) is 94.7 Å². The molecule has 8 heteroatoms. The van der Waals surface area contributed by atoms with E-state index in [0.29, 0.717) is 18.7 Å². The fraction of sp³-hybridized carbons (Fsp3) is 0.207. The van der Waals surface area contributed by atoms with Gasteiger partial charge in [-0.2, -0.15) is 0 Å². The highest BCUT2D eigenvalue weighted by Gasteiger charge is 2.52. The van der Waals surface area contributed by atoms with Crippen LogP contribution in [-0.2, 0) is 17.8 Å². The fourth-order valence-electron chi connectivity index (χ4n) is 5.47. The second kappa shape index (κ2) is 8.81. The number of urea groups is 1. The predicted molar refractivity (Wildman–Crippen MR) is 140 cm³/mol. The van der Waals surface area contributed by atoms with Gasteiger partial charge in [-0.05, 0) is 48.4 Å². The highest BCUT2D eigenvalue weighted by atomic mass is 16.5. The number of benzene rings is 3. The lowest BCUT2D eigenvalue weighted by Gasteiger charge is -2.33. The molecule has 0 bridgehead atoms. The molecule has 8 nitrogen and oxygen atoms in total. The van der Waals surface area contributed by atoms with Crippen LogP contribution in [0.5, 0.6) is 5.75 Å². The van der Waals surface area contributed by atoms with Crippen molar-refractivity contribution in [3.63, 3.8) is 0 Å². The van der Waals surface area contributed by atoms with E-state index in [9.17, 15) is 14.4 Å². The van der Waals surface area contributed by atoms with Crippen molar-refractivity contribution in [3.05, 3.63) is 95.2 Å². The van der Waals surface area contributed by atoms with Gasteiger partial charge in [-0.1, -0.05) is 42.5 Å². The first-order valence-electron chi connectivity index (χ1n) is 12.2. The molecule has 2 atom stereocenters. The van der Waals surface area contributed by atoms with Crippen LogP contribution in [0.25, 0.3) is 10.9 Å². The number of hydrogen-bond donors (Lipinski definition) is 2. The SMILES string of the molecule is COc1ccc(CNC(=O)c2ccccc2N2C(=O)[C@@H]3Cc4c([nH]c5ccccc45)[C@@H](C)N3C2=O)cc1. The zero-order chi connectivity index (χ0) is 25.7. The average molecular weight is 495 g/mol. The number of carbonyl (C=O) groups is 3. The van der Waals surface area contributed by atoms with Crippen LogP contribution in [0.3, 0.4) is 0 Å². The average Bonchev–Trinajstić information content (AvgIpc) is 3.42. The van der Waals surface area contributed by atoms with Crippen molar-refractivity contribution < 1.29 is 19.1 Å². The van der Waals surface area contributed by atoms with Crippen LogP contribution in [0.4, 0.5) is 10.5 Å². The molecule has 0 radical (unpaired) electrons. The second-order valence-electron chi connectivity index (χ2n) is 9.37. The number of fused-ring (bicyclic) bond motifs is 4. The molecule has 2 aliphatic heterocycles. The van der Waals surface area contributed by atoms with Crippen LogP contribution in [0.1, 0.15) is 40.1 Å². The Hall–Kier alpha value is -4.59. The van der Waals surface area contributed by atoms with Gasteiger partial charge in [0.25, 0.3) is 11.8 Å². The molecule has 6 rings (SSSR count). The molecule has 3 aromatic carbocycles. The predicted octanol–water partition coefficient (Wildman–Crippen LogP) is 4.56. The summed E-state index contributed by atoms with van der Waals surface area (Å²) in [6.07, 6.45) is 0.427. The van der Waals surface area contributed by atoms with E-state index in [1.165, 1.54) is 0 Å². The molecule has 4 amide bonds. The Morgan fingerprint density at radius 3 is 2.54 bits per heavy atom. The number of amides is 4. The van der Waals surface area contributed by atoms with Gasteiger partial charge < -0.3 is 19.9 Å². The summed E-state index contributed by atoms with van der Waals surface area (Å²) in [6.45, 7) is 2.23. The van der Waals surface area contributed by atoms with E-state index < -0.39 is 12.1 Å².